The van der Waals surface area contributed by atoms with Gasteiger partial charge in [-0.3, -0.25) is 9.55 Å². The summed E-state index contributed by atoms with van der Waals surface area (Å²) < 4.78 is 32.9. The molecule has 7 nitrogen and oxygen atoms in total. The molecule has 0 spiro atoms. The predicted molar refractivity (Wildman–Crippen MR) is 100 cm³/mol. The highest BCUT2D eigenvalue weighted by molar-refractivity contribution is 7.90. The van der Waals surface area contributed by atoms with Crippen molar-refractivity contribution in [2.45, 2.75) is 29.8 Å². The molecule has 1 saturated carbocycles. The molecule has 2 heterocycles. The first-order chi connectivity index (χ1) is 13.0. The van der Waals surface area contributed by atoms with Gasteiger partial charge in [-0.2, -0.15) is 0 Å². The summed E-state index contributed by atoms with van der Waals surface area (Å²) >= 11 is 6.12. The molecule has 2 aromatic heterocycles. The first kappa shape index (κ1) is 17.9. The van der Waals surface area contributed by atoms with E-state index in [0.29, 0.717) is 22.2 Å². The Morgan fingerprint density at radius 2 is 2.07 bits per heavy atom. The lowest BCUT2D eigenvalue weighted by molar-refractivity contribution is 0.415. The highest BCUT2D eigenvalue weighted by Crippen LogP contribution is 2.40. The van der Waals surface area contributed by atoms with Crippen LogP contribution in [-0.4, -0.2) is 35.3 Å². The van der Waals surface area contributed by atoms with Crippen LogP contribution in [0.25, 0.3) is 11.4 Å². The topological polar surface area (TPSA) is 87.0 Å². The van der Waals surface area contributed by atoms with E-state index >= 15 is 0 Å². The molecule has 9 heteroatoms. The van der Waals surface area contributed by atoms with Crippen molar-refractivity contribution < 1.29 is 13.2 Å². The standard InChI is InChI=1S/C18H17ClN4O3S/c1-26-16-7-4-12(9-15(16)19)11-27(24,25)18-22-21-17(23(18)14-5-6-14)13-3-2-8-20-10-13/h2-4,7-10,14H,5-6,11H2,1H3. The largest absolute Gasteiger partial charge is 0.495 e. The summed E-state index contributed by atoms with van der Waals surface area (Å²) in [5.41, 5.74) is 1.31. The van der Waals surface area contributed by atoms with Crippen LogP contribution in [0.2, 0.25) is 5.02 Å². The van der Waals surface area contributed by atoms with Crippen molar-refractivity contribution in [3.8, 4) is 17.1 Å². The highest BCUT2D eigenvalue weighted by atomic mass is 35.5. The molecule has 0 radical (unpaired) electrons. The van der Waals surface area contributed by atoms with E-state index in [4.69, 9.17) is 16.3 Å². The van der Waals surface area contributed by atoms with Gasteiger partial charge in [-0.15, -0.1) is 10.2 Å². The molecule has 1 aliphatic rings. The van der Waals surface area contributed by atoms with Crippen LogP contribution in [0, 0.1) is 0 Å². The van der Waals surface area contributed by atoms with Gasteiger partial charge in [0.05, 0.1) is 17.9 Å². The van der Waals surface area contributed by atoms with Crippen LogP contribution in [0.4, 0.5) is 0 Å². The highest BCUT2D eigenvalue weighted by Gasteiger charge is 2.35. The van der Waals surface area contributed by atoms with Gasteiger partial charge in [0.15, 0.2) is 5.82 Å². The fourth-order valence-corrected chi connectivity index (χ4v) is 4.65. The maximum absolute atomic E-state index is 13.1. The zero-order valence-corrected chi connectivity index (χ0v) is 16.1. The minimum absolute atomic E-state index is 0.0178. The number of sulfone groups is 1. The Labute approximate surface area is 161 Å². The van der Waals surface area contributed by atoms with Crippen LogP contribution in [0.15, 0.2) is 47.9 Å². The van der Waals surface area contributed by atoms with E-state index in [1.165, 1.54) is 7.11 Å². The number of methoxy groups -OCH3 is 1. The smallest absolute Gasteiger partial charge is 0.250 e. The average Bonchev–Trinajstić information content (AvgIpc) is 3.39. The number of benzene rings is 1. The van der Waals surface area contributed by atoms with E-state index in [0.717, 1.165) is 18.4 Å². The van der Waals surface area contributed by atoms with Crippen molar-refractivity contribution in [2.24, 2.45) is 0 Å². The van der Waals surface area contributed by atoms with Gasteiger partial charge in [-0.25, -0.2) is 8.42 Å². The fraction of sp³-hybridized carbons (Fsp3) is 0.278. The number of rotatable bonds is 6. The van der Waals surface area contributed by atoms with Gasteiger partial charge in [0.1, 0.15) is 5.75 Å². The third-order valence-corrected chi connectivity index (χ3v) is 6.19. The summed E-state index contributed by atoms with van der Waals surface area (Å²) in [5.74, 6) is 0.809. The number of hydrogen-bond donors (Lipinski definition) is 0. The summed E-state index contributed by atoms with van der Waals surface area (Å²) in [6.45, 7) is 0. The van der Waals surface area contributed by atoms with Crippen LogP contribution >= 0.6 is 11.6 Å². The number of aromatic nitrogens is 4. The van der Waals surface area contributed by atoms with Gasteiger partial charge < -0.3 is 4.74 Å². The number of nitrogens with zero attached hydrogens (tertiary/aromatic N) is 4. The fourth-order valence-electron chi connectivity index (χ4n) is 2.93. The average molecular weight is 405 g/mol. The normalized spacial score (nSPS) is 14.3. The lowest BCUT2D eigenvalue weighted by Gasteiger charge is -2.10. The molecular weight excluding hydrogens is 388 g/mol. The first-order valence-electron chi connectivity index (χ1n) is 8.40. The van der Waals surface area contributed by atoms with Crippen LogP contribution < -0.4 is 4.74 Å². The molecule has 3 aromatic rings. The van der Waals surface area contributed by atoms with Gasteiger partial charge in [0.25, 0.3) is 5.16 Å². The van der Waals surface area contributed by atoms with E-state index in [9.17, 15) is 8.42 Å². The number of pyridine rings is 1. The third-order valence-electron chi connectivity index (χ3n) is 4.35. The van der Waals surface area contributed by atoms with Crippen LogP contribution in [0.5, 0.6) is 5.75 Å². The lowest BCUT2D eigenvalue weighted by Crippen LogP contribution is -2.13. The minimum Gasteiger partial charge on any atom is -0.495 e. The van der Waals surface area contributed by atoms with Crippen LogP contribution in [0.1, 0.15) is 24.4 Å². The number of hydrogen-bond acceptors (Lipinski definition) is 6. The zero-order valence-electron chi connectivity index (χ0n) is 14.5. The molecule has 1 aromatic carbocycles. The van der Waals surface area contributed by atoms with Crippen molar-refractivity contribution in [1.29, 1.82) is 0 Å². The molecular formula is C18H17ClN4O3S. The molecule has 0 aliphatic heterocycles. The molecule has 1 aliphatic carbocycles. The summed E-state index contributed by atoms with van der Waals surface area (Å²) in [5, 5.41) is 8.51. The van der Waals surface area contributed by atoms with Crippen molar-refractivity contribution in [2.75, 3.05) is 7.11 Å². The summed E-state index contributed by atoms with van der Waals surface area (Å²) in [7, 11) is -2.19. The predicted octanol–water partition coefficient (Wildman–Crippen LogP) is 3.31. The van der Waals surface area contributed by atoms with E-state index in [-0.39, 0.29) is 17.0 Å². The zero-order chi connectivity index (χ0) is 19.0. The monoisotopic (exact) mass is 404 g/mol. The molecule has 0 saturated heterocycles. The Morgan fingerprint density at radius 3 is 2.70 bits per heavy atom. The molecule has 0 amide bonds. The molecule has 140 valence electrons. The van der Waals surface area contributed by atoms with Gasteiger partial charge in [0, 0.05) is 24.0 Å². The minimum atomic E-state index is -3.70. The number of ether oxygens (including phenoxy) is 1. The van der Waals surface area contributed by atoms with Gasteiger partial charge in [-0.05, 0) is 42.7 Å². The Kier molecular flexibility index (Phi) is 4.61. The molecule has 0 N–H and O–H groups in total. The second-order valence-electron chi connectivity index (χ2n) is 6.38. The van der Waals surface area contributed by atoms with Crippen molar-refractivity contribution in [3.63, 3.8) is 0 Å². The second-order valence-corrected chi connectivity index (χ2v) is 8.67. The van der Waals surface area contributed by atoms with Crippen molar-refractivity contribution >= 4 is 21.4 Å². The molecule has 27 heavy (non-hydrogen) atoms. The van der Waals surface area contributed by atoms with Crippen molar-refractivity contribution in [3.05, 3.63) is 53.3 Å². The van der Waals surface area contributed by atoms with Gasteiger partial charge >= 0.3 is 0 Å². The van der Waals surface area contributed by atoms with Gasteiger partial charge in [0.2, 0.25) is 9.84 Å². The maximum atomic E-state index is 13.1. The SMILES string of the molecule is COc1ccc(CS(=O)(=O)c2nnc(-c3cccnc3)n2C2CC2)cc1Cl. The second kappa shape index (κ2) is 6.94. The quantitative estimate of drug-likeness (QED) is 0.626. The molecule has 0 bridgehead atoms. The molecule has 4 rings (SSSR count). The van der Waals surface area contributed by atoms with E-state index in [1.807, 2.05) is 6.07 Å². The Bertz CT molecular complexity index is 1080. The van der Waals surface area contributed by atoms with E-state index in [2.05, 4.69) is 15.2 Å². The van der Waals surface area contributed by atoms with Crippen LogP contribution in [-0.2, 0) is 15.6 Å². The lowest BCUT2D eigenvalue weighted by atomic mass is 10.2. The number of halogens is 1. The summed E-state index contributed by atoms with van der Waals surface area (Å²) in [6, 6.07) is 8.66. The van der Waals surface area contributed by atoms with E-state index in [1.54, 1.807) is 41.2 Å². The van der Waals surface area contributed by atoms with Crippen molar-refractivity contribution in [1.82, 2.24) is 19.7 Å². The summed E-state index contributed by atoms with van der Waals surface area (Å²) in [4.78, 5) is 4.09. The Balaban J connectivity index is 1.72. The third kappa shape index (κ3) is 3.54. The van der Waals surface area contributed by atoms with E-state index < -0.39 is 9.84 Å². The maximum Gasteiger partial charge on any atom is 0.250 e. The van der Waals surface area contributed by atoms with Gasteiger partial charge in [-0.1, -0.05) is 17.7 Å². The van der Waals surface area contributed by atoms with Crippen LogP contribution in [0.3, 0.4) is 0 Å². The molecule has 0 unspecified atom stereocenters. The Hall–Kier alpha value is -2.45. The summed E-state index contributed by atoms with van der Waals surface area (Å²) in [6.07, 6.45) is 5.12. The Morgan fingerprint density at radius 1 is 1.26 bits per heavy atom. The molecule has 0 atom stereocenters. The molecule has 1 fully saturated rings. The first-order valence-corrected chi connectivity index (χ1v) is 10.4.